The van der Waals surface area contributed by atoms with Crippen LogP contribution in [0.25, 0.3) is 11.3 Å². The summed E-state index contributed by atoms with van der Waals surface area (Å²) in [6.45, 7) is 4.01. The molecule has 3 aromatic rings. The number of carbonyl (C=O) groups is 1. The molecule has 1 amide bonds. The zero-order valence-corrected chi connectivity index (χ0v) is 22.3. The van der Waals surface area contributed by atoms with E-state index in [0.29, 0.717) is 49.8 Å². The second-order valence-electron chi connectivity index (χ2n) is 10.3. The van der Waals surface area contributed by atoms with Crippen molar-refractivity contribution >= 4 is 17.3 Å². The predicted molar refractivity (Wildman–Crippen MR) is 145 cm³/mol. The monoisotopic (exact) mass is 566 g/mol. The van der Waals surface area contributed by atoms with Gasteiger partial charge in [-0.2, -0.15) is 5.26 Å². The molecule has 2 aliphatic rings. The molecule has 0 bridgehead atoms. The van der Waals surface area contributed by atoms with Gasteiger partial charge < -0.3 is 25.4 Å². The maximum absolute atomic E-state index is 15.0. The number of nitrogens with zero attached hydrogens (tertiary/aromatic N) is 4. The number of piperidine rings is 1. The Hall–Kier alpha value is -4.05. The zero-order valence-electron chi connectivity index (χ0n) is 22.3. The van der Waals surface area contributed by atoms with Crippen molar-refractivity contribution in [3.8, 4) is 17.3 Å². The number of benzene rings is 1. The van der Waals surface area contributed by atoms with Gasteiger partial charge in [0.1, 0.15) is 28.8 Å². The van der Waals surface area contributed by atoms with Crippen LogP contribution >= 0.6 is 0 Å². The van der Waals surface area contributed by atoms with Gasteiger partial charge in [-0.25, -0.2) is 18.2 Å². The van der Waals surface area contributed by atoms with Crippen LogP contribution in [-0.2, 0) is 9.47 Å². The standard InChI is InChI=1S/C29H29F3N6O3/c1-16-12-38(13-22(34)28(16)41-8-2-6-33)25-5-7-35-11-24(25)37-29(39)23-4-3-19(30)27(36-23)26-20(31)9-17(10-21(26)32)18-14-40-15-18/h3-5,7,9-11,16,18,22,28H,2,8,12-15,34H2,1H3,(H,37,39)/t16-,22+,28-/m0/s1. The number of nitrogens with two attached hydrogens (primary N) is 1. The van der Waals surface area contributed by atoms with E-state index >= 15 is 0 Å². The van der Waals surface area contributed by atoms with Crippen LogP contribution in [0, 0.1) is 34.7 Å². The molecule has 0 spiro atoms. The summed E-state index contributed by atoms with van der Waals surface area (Å²) in [5.74, 6) is -3.73. The van der Waals surface area contributed by atoms with Gasteiger partial charge in [0.2, 0.25) is 0 Å². The lowest BCUT2D eigenvalue weighted by Crippen LogP contribution is -2.56. The minimum atomic E-state index is -0.976. The fourth-order valence-electron chi connectivity index (χ4n) is 5.20. The number of ether oxygens (including phenoxy) is 2. The molecule has 0 aliphatic carbocycles. The number of aromatic nitrogens is 2. The Balaban J connectivity index is 1.36. The number of rotatable bonds is 8. The van der Waals surface area contributed by atoms with Crippen molar-refractivity contribution in [2.45, 2.75) is 31.4 Å². The molecular formula is C29H29F3N6O3. The number of carbonyl (C=O) groups excluding carboxylic acids is 1. The van der Waals surface area contributed by atoms with Crippen LogP contribution in [0.15, 0.2) is 42.7 Å². The minimum Gasteiger partial charge on any atom is -0.380 e. The van der Waals surface area contributed by atoms with E-state index in [2.05, 4.69) is 21.4 Å². The number of amides is 1. The lowest BCUT2D eigenvalue weighted by molar-refractivity contribution is -0.00331. The normalized spacial score (nSPS) is 20.8. The summed E-state index contributed by atoms with van der Waals surface area (Å²) in [4.78, 5) is 23.3. The van der Waals surface area contributed by atoms with Crippen molar-refractivity contribution in [1.82, 2.24) is 9.97 Å². The van der Waals surface area contributed by atoms with Crippen LogP contribution in [0.3, 0.4) is 0 Å². The third kappa shape index (κ3) is 6.02. The molecule has 3 N–H and O–H groups in total. The van der Waals surface area contributed by atoms with Gasteiger partial charge in [-0.3, -0.25) is 9.78 Å². The van der Waals surface area contributed by atoms with Gasteiger partial charge in [-0.1, -0.05) is 6.92 Å². The number of hydrogen-bond acceptors (Lipinski definition) is 8. The average Bonchev–Trinajstić information content (AvgIpc) is 2.90. The Morgan fingerprint density at radius 2 is 1.95 bits per heavy atom. The quantitative estimate of drug-likeness (QED) is 0.392. The van der Waals surface area contributed by atoms with Crippen LogP contribution in [0.1, 0.15) is 35.3 Å². The van der Waals surface area contributed by atoms with Crippen LogP contribution in [0.4, 0.5) is 24.5 Å². The first-order valence-corrected chi connectivity index (χ1v) is 13.2. The summed E-state index contributed by atoms with van der Waals surface area (Å²) in [6, 6.07) is 7.82. The highest BCUT2D eigenvalue weighted by molar-refractivity contribution is 6.04. The summed E-state index contributed by atoms with van der Waals surface area (Å²) in [5.41, 5.74) is 6.35. The molecule has 2 fully saturated rings. The lowest BCUT2D eigenvalue weighted by atomic mass is 9.92. The Morgan fingerprint density at radius 3 is 2.61 bits per heavy atom. The molecule has 3 atom stereocenters. The maximum Gasteiger partial charge on any atom is 0.274 e. The van der Waals surface area contributed by atoms with Gasteiger partial charge in [-0.05, 0) is 35.9 Å². The molecule has 0 radical (unpaired) electrons. The summed E-state index contributed by atoms with van der Waals surface area (Å²) >= 11 is 0. The van der Waals surface area contributed by atoms with Gasteiger partial charge in [-0.15, -0.1) is 0 Å². The van der Waals surface area contributed by atoms with Crippen molar-refractivity contribution in [3.63, 3.8) is 0 Å². The molecule has 4 heterocycles. The number of nitriles is 1. The van der Waals surface area contributed by atoms with Gasteiger partial charge >= 0.3 is 0 Å². The molecule has 9 nitrogen and oxygen atoms in total. The molecular weight excluding hydrogens is 537 g/mol. The van der Waals surface area contributed by atoms with Crippen molar-refractivity contribution in [2.75, 3.05) is 43.1 Å². The number of pyridine rings is 2. The summed E-state index contributed by atoms with van der Waals surface area (Å²) in [6.07, 6.45) is 3.10. The Morgan fingerprint density at radius 1 is 1.20 bits per heavy atom. The first-order valence-electron chi connectivity index (χ1n) is 13.2. The van der Waals surface area contributed by atoms with E-state index in [-0.39, 0.29) is 36.1 Å². The second kappa shape index (κ2) is 12.2. The summed E-state index contributed by atoms with van der Waals surface area (Å²) in [5, 5.41) is 11.5. The SMILES string of the molecule is C[C@H]1CN(c2ccncc2NC(=O)c2ccc(F)c(-c3c(F)cc(C4COC4)cc3F)n2)C[C@@H](N)[C@H]1OCCC#N. The van der Waals surface area contributed by atoms with Gasteiger partial charge in [0, 0.05) is 37.2 Å². The van der Waals surface area contributed by atoms with E-state index < -0.39 is 34.6 Å². The second-order valence-corrected chi connectivity index (χ2v) is 10.3. The van der Waals surface area contributed by atoms with Crippen molar-refractivity contribution in [2.24, 2.45) is 11.7 Å². The van der Waals surface area contributed by atoms with Crippen molar-refractivity contribution in [3.05, 3.63) is 71.4 Å². The molecule has 2 aliphatic heterocycles. The molecule has 1 aromatic carbocycles. The van der Waals surface area contributed by atoms with Crippen LogP contribution in [0.5, 0.6) is 0 Å². The third-order valence-electron chi connectivity index (χ3n) is 7.32. The topological polar surface area (TPSA) is 126 Å². The van der Waals surface area contributed by atoms with E-state index in [1.807, 2.05) is 11.8 Å². The Kier molecular flexibility index (Phi) is 8.49. The largest absolute Gasteiger partial charge is 0.380 e. The zero-order chi connectivity index (χ0) is 29.1. The Bertz CT molecular complexity index is 1440. The molecule has 0 saturated carbocycles. The molecule has 12 heteroatoms. The first-order chi connectivity index (χ1) is 19.8. The first kappa shape index (κ1) is 28.5. The number of hydrogen-bond donors (Lipinski definition) is 2. The van der Waals surface area contributed by atoms with E-state index in [1.54, 1.807) is 12.3 Å². The van der Waals surface area contributed by atoms with Crippen molar-refractivity contribution < 1.29 is 27.4 Å². The highest BCUT2D eigenvalue weighted by Gasteiger charge is 2.34. The van der Waals surface area contributed by atoms with E-state index in [9.17, 15) is 18.0 Å². The maximum atomic E-state index is 15.0. The average molecular weight is 567 g/mol. The third-order valence-corrected chi connectivity index (χ3v) is 7.32. The molecule has 2 aromatic heterocycles. The van der Waals surface area contributed by atoms with Crippen LogP contribution in [0.2, 0.25) is 0 Å². The van der Waals surface area contributed by atoms with Crippen molar-refractivity contribution in [1.29, 1.82) is 5.26 Å². The summed E-state index contributed by atoms with van der Waals surface area (Å²) in [7, 11) is 0. The molecule has 5 rings (SSSR count). The lowest BCUT2D eigenvalue weighted by Gasteiger charge is -2.42. The molecule has 214 valence electrons. The minimum absolute atomic E-state index is 0.0310. The molecule has 2 saturated heterocycles. The molecule has 0 unspecified atom stereocenters. The van der Waals surface area contributed by atoms with E-state index in [1.165, 1.54) is 6.20 Å². The fraction of sp³-hybridized carbons (Fsp3) is 0.379. The fourth-order valence-corrected chi connectivity index (χ4v) is 5.20. The van der Waals surface area contributed by atoms with Gasteiger partial charge in [0.25, 0.3) is 5.91 Å². The smallest absolute Gasteiger partial charge is 0.274 e. The summed E-state index contributed by atoms with van der Waals surface area (Å²) < 4.78 is 55.6. The van der Waals surface area contributed by atoms with E-state index in [0.717, 1.165) is 24.3 Å². The van der Waals surface area contributed by atoms with Gasteiger partial charge in [0.15, 0.2) is 0 Å². The molecule has 41 heavy (non-hydrogen) atoms. The predicted octanol–water partition coefficient (Wildman–Crippen LogP) is 4.01. The van der Waals surface area contributed by atoms with E-state index in [4.69, 9.17) is 20.5 Å². The Labute approximate surface area is 235 Å². The van der Waals surface area contributed by atoms with Crippen LogP contribution < -0.4 is 16.0 Å². The number of halogens is 3. The highest BCUT2D eigenvalue weighted by atomic mass is 19.1. The number of nitrogens with one attached hydrogen (secondary N) is 1. The number of anilines is 2. The van der Waals surface area contributed by atoms with Gasteiger partial charge in [0.05, 0.1) is 61.5 Å². The highest BCUT2D eigenvalue weighted by Crippen LogP contribution is 2.33. The van der Waals surface area contributed by atoms with Crippen LogP contribution in [-0.4, -0.2) is 60.9 Å².